The number of rotatable bonds is 7. The van der Waals surface area contributed by atoms with E-state index in [4.69, 9.17) is 4.42 Å². The molecule has 2 rings (SSSR count). The second-order valence-electron chi connectivity index (χ2n) is 5.57. The van der Waals surface area contributed by atoms with E-state index in [9.17, 15) is 0 Å². The average molecular weight is 273 g/mol. The maximum atomic E-state index is 6.23. The smallest absolute Gasteiger partial charge is 0.138 e. The van der Waals surface area contributed by atoms with Gasteiger partial charge in [0.15, 0.2) is 0 Å². The van der Waals surface area contributed by atoms with Crippen molar-refractivity contribution in [3.8, 4) is 0 Å². The molecular formula is C18H27NO. The van der Waals surface area contributed by atoms with Gasteiger partial charge in [-0.1, -0.05) is 45.9 Å². The first-order chi connectivity index (χ1) is 9.72. The molecule has 0 aliphatic carbocycles. The summed E-state index contributed by atoms with van der Waals surface area (Å²) in [5.41, 5.74) is 3.82. The van der Waals surface area contributed by atoms with Crippen LogP contribution < -0.4 is 5.32 Å². The van der Waals surface area contributed by atoms with Crippen molar-refractivity contribution in [2.45, 2.75) is 59.4 Å². The van der Waals surface area contributed by atoms with Gasteiger partial charge < -0.3 is 9.73 Å². The molecule has 0 radical (unpaired) electrons. The molecular weight excluding hydrogens is 246 g/mol. The van der Waals surface area contributed by atoms with Crippen LogP contribution in [0.4, 0.5) is 0 Å². The molecule has 1 atom stereocenters. The van der Waals surface area contributed by atoms with Gasteiger partial charge in [-0.15, -0.1) is 0 Å². The Morgan fingerprint density at radius 1 is 1.20 bits per heavy atom. The summed E-state index contributed by atoms with van der Waals surface area (Å²) in [4.78, 5) is 0. The number of para-hydroxylation sites is 1. The third kappa shape index (κ3) is 2.90. The maximum Gasteiger partial charge on any atom is 0.138 e. The van der Waals surface area contributed by atoms with Gasteiger partial charge in [0.1, 0.15) is 11.3 Å². The molecule has 110 valence electrons. The molecule has 1 aromatic heterocycles. The van der Waals surface area contributed by atoms with Gasteiger partial charge in [-0.05, 0) is 37.3 Å². The highest BCUT2D eigenvalue weighted by Crippen LogP contribution is 2.33. The van der Waals surface area contributed by atoms with Gasteiger partial charge in [0, 0.05) is 10.9 Å². The van der Waals surface area contributed by atoms with Crippen LogP contribution in [0.15, 0.2) is 22.6 Å². The molecule has 0 fully saturated rings. The zero-order chi connectivity index (χ0) is 14.5. The molecule has 0 aliphatic heterocycles. The summed E-state index contributed by atoms with van der Waals surface area (Å²) in [5.74, 6) is 1.66. The van der Waals surface area contributed by atoms with Crippen LogP contribution in [0, 0.1) is 0 Å². The predicted molar refractivity (Wildman–Crippen MR) is 86.3 cm³/mol. The van der Waals surface area contributed by atoms with Crippen LogP contribution in [0.5, 0.6) is 0 Å². The number of benzene rings is 1. The molecule has 0 bridgehead atoms. The number of hydrogen-bond acceptors (Lipinski definition) is 2. The minimum absolute atomic E-state index is 0.547. The third-order valence-corrected chi connectivity index (χ3v) is 4.14. The molecule has 2 nitrogen and oxygen atoms in total. The molecule has 1 unspecified atom stereocenters. The summed E-state index contributed by atoms with van der Waals surface area (Å²) in [6.07, 6.45) is 3.32. The fourth-order valence-electron chi connectivity index (χ4n) is 2.76. The lowest BCUT2D eigenvalue weighted by molar-refractivity contribution is 0.503. The van der Waals surface area contributed by atoms with Crippen molar-refractivity contribution in [3.63, 3.8) is 0 Å². The Morgan fingerprint density at radius 3 is 2.65 bits per heavy atom. The van der Waals surface area contributed by atoms with Gasteiger partial charge in [0.2, 0.25) is 0 Å². The Balaban J connectivity index is 2.44. The number of hydrogen-bond donors (Lipinski definition) is 1. The van der Waals surface area contributed by atoms with E-state index in [-0.39, 0.29) is 0 Å². The normalized spacial score (nSPS) is 13.0. The second-order valence-corrected chi connectivity index (χ2v) is 5.57. The molecule has 0 saturated heterocycles. The monoisotopic (exact) mass is 273 g/mol. The average Bonchev–Trinajstić information content (AvgIpc) is 2.84. The summed E-state index contributed by atoms with van der Waals surface area (Å²) in [6, 6.07) is 6.58. The van der Waals surface area contributed by atoms with Crippen molar-refractivity contribution < 1.29 is 4.42 Å². The Morgan fingerprint density at radius 2 is 2.00 bits per heavy atom. The summed E-state index contributed by atoms with van der Waals surface area (Å²) in [6.45, 7) is 10.8. The van der Waals surface area contributed by atoms with Crippen molar-refractivity contribution >= 4 is 11.0 Å². The Hall–Kier alpha value is -1.28. The molecule has 0 spiro atoms. The van der Waals surface area contributed by atoms with Gasteiger partial charge in [0.05, 0.1) is 6.54 Å². The van der Waals surface area contributed by atoms with Crippen molar-refractivity contribution in [3.05, 3.63) is 35.1 Å². The van der Waals surface area contributed by atoms with Crippen LogP contribution in [0.3, 0.4) is 0 Å². The Labute approximate surface area is 122 Å². The first-order valence-electron chi connectivity index (χ1n) is 7.96. The van der Waals surface area contributed by atoms with Crippen LogP contribution in [0.25, 0.3) is 11.0 Å². The molecule has 1 heterocycles. The fourth-order valence-corrected chi connectivity index (χ4v) is 2.76. The van der Waals surface area contributed by atoms with Crippen molar-refractivity contribution in [2.75, 3.05) is 6.54 Å². The van der Waals surface area contributed by atoms with Crippen LogP contribution in [0.2, 0.25) is 0 Å². The standard InChI is InChI=1S/C18H27NO/c1-5-11-19-12-17-14(7-3)16-10-8-9-15(13(4)6-2)18(16)20-17/h8-10,13,19H,5-7,11-12H2,1-4H3. The van der Waals surface area contributed by atoms with Crippen LogP contribution >= 0.6 is 0 Å². The van der Waals surface area contributed by atoms with Gasteiger partial charge >= 0.3 is 0 Å². The molecule has 1 N–H and O–H groups in total. The summed E-state index contributed by atoms with van der Waals surface area (Å²) < 4.78 is 6.23. The number of fused-ring (bicyclic) bond motifs is 1. The van der Waals surface area contributed by atoms with Crippen molar-refractivity contribution in [1.82, 2.24) is 5.32 Å². The molecule has 0 aliphatic rings. The number of furan rings is 1. The molecule has 0 amide bonds. The molecule has 2 aromatic rings. The van der Waals surface area contributed by atoms with Crippen molar-refractivity contribution in [2.24, 2.45) is 0 Å². The first kappa shape index (κ1) is 15.1. The SMILES string of the molecule is CCCNCc1oc2c(C(C)CC)cccc2c1CC. The third-order valence-electron chi connectivity index (χ3n) is 4.14. The maximum absolute atomic E-state index is 6.23. The predicted octanol–water partition coefficient (Wildman–Crippen LogP) is 5.01. The minimum Gasteiger partial charge on any atom is -0.459 e. The van der Waals surface area contributed by atoms with Crippen LogP contribution in [0.1, 0.15) is 63.3 Å². The molecule has 1 aromatic carbocycles. The molecule has 20 heavy (non-hydrogen) atoms. The van der Waals surface area contributed by atoms with Gasteiger partial charge in [0.25, 0.3) is 0 Å². The van der Waals surface area contributed by atoms with E-state index in [1.54, 1.807) is 0 Å². The number of nitrogens with one attached hydrogen (secondary N) is 1. The lowest BCUT2D eigenvalue weighted by Gasteiger charge is -2.08. The highest BCUT2D eigenvalue weighted by Gasteiger charge is 2.17. The molecule has 2 heteroatoms. The van der Waals surface area contributed by atoms with Gasteiger partial charge in [-0.3, -0.25) is 0 Å². The van der Waals surface area contributed by atoms with Gasteiger partial charge in [-0.25, -0.2) is 0 Å². The van der Waals surface area contributed by atoms with E-state index < -0.39 is 0 Å². The summed E-state index contributed by atoms with van der Waals surface area (Å²) >= 11 is 0. The lowest BCUT2D eigenvalue weighted by atomic mass is 9.96. The lowest BCUT2D eigenvalue weighted by Crippen LogP contribution is -2.14. The van der Waals surface area contributed by atoms with E-state index in [1.807, 2.05) is 0 Å². The molecule has 0 saturated carbocycles. The Kier molecular flexibility index (Phi) is 5.24. The zero-order valence-electron chi connectivity index (χ0n) is 13.3. The van der Waals surface area contributed by atoms with E-state index in [0.717, 1.165) is 43.7 Å². The number of aryl methyl sites for hydroxylation is 1. The zero-order valence-corrected chi connectivity index (χ0v) is 13.3. The summed E-state index contributed by atoms with van der Waals surface area (Å²) in [7, 11) is 0. The van der Waals surface area contributed by atoms with Crippen LogP contribution in [-0.2, 0) is 13.0 Å². The Bertz CT molecular complexity index is 556. The highest BCUT2D eigenvalue weighted by molar-refractivity contribution is 5.85. The highest BCUT2D eigenvalue weighted by atomic mass is 16.3. The summed E-state index contributed by atoms with van der Waals surface area (Å²) in [5, 5.41) is 4.76. The largest absolute Gasteiger partial charge is 0.459 e. The first-order valence-corrected chi connectivity index (χ1v) is 7.96. The fraction of sp³-hybridized carbons (Fsp3) is 0.556. The van der Waals surface area contributed by atoms with Crippen molar-refractivity contribution in [1.29, 1.82) is 0 Å². The second kappa shape index (κ2) is 6.94. The van der Waals surface area contributed by atoms with E-state index in [0.29, 0.717) is 5.92 Å². The topological polar surface area (TPSA) is 25.2 Å². The van der Waals surface area contributed by atoms with E-state index in [2.05, 4.69) is 51.2 Å². The van der Waals surface area contributed by atoms with Gasteiger partial charge in [-0.2, -0.15) is 0 Å². The van der Waals surface area contributed by atoms with Crippen LogP contribution in [-0.4, -0.2) is 6.54 Å². The van der Waals surface area contributed by atoms with E-state index in [1.165, 1.54) is 16.5 Å². The van der Waals surface area contributed by atoms with E-state index >= 15 is 0 Å². The quantitative estimate of drug-likeness (QED) is 0.717. The minimum atomic E-state index is 0.547.